The molecule has 0 aliphatic heterocycles. The van der Waals surface area contributed by atoms with Crippen LogP contribution >= 0.6 is 151 Å². The van der Waals surface area contributed by atoms with Crippen molar-refractivity contribution in [3.8, 4) is 0 Å². The molecule has 3 atom stereocenters. The van der Waals surface area contributed by atoms with Crippen molar-refractivity contribution < 1.29 is 18.1 Å². The first-order valence-electron chi connectivity index (χ1n) is 4.40. The molecule has 0 aromatic heterocycles. The Labute approximate surface area is 192 Å². The van der Waals surface area contributed by atoms with Crippen molar-refractivity contribution in [2.45, 2.75) is 26.2 Å². The Balaban J connectivity index is 4.97. The summed E-state index contributed by atoms with van der Waals surface area (Å²) >= 11 is 29.0. The zero-order chi connectivity index (χ0) is 16.1. The summed E-state index contributed by atoms with van der Waals surface area (Å²) < 4.78 is 27.8. The van der Waals surface area contributed by atoms with E-state index in [0.29, 0.717) is 0 Å². The highest BCUT2D eigenvalue weighted by atomic mass is 79.9. The minimum atomic E-state index is -3.87. The Morgan fingerprint density at radius 1 is 0.550 bits per heavy atom. The molecule has 0 radical (unpaired) electrons. The quantitative estimate of drug-likeness (QED) is 0.177. The fourth-order valence-electron chi connectivity index (χ4n) is 0.583. The summed E-state index contributed by atoms with van der Waals surface area (Å²) in [6.07, 6.45) is 0. The number of phosphoric acid groups is 1. The van der Waals surface area contributed by atoms with E-state index in [1.807, 2.05) is 0 Å². The molecule has 0 aliphatic carbocycles. The zero-order valence-electron chi connectivity index (χ0n) is 8.95. The van der Waals surface area contributed by atoms with Gasteiger partial charge in [0.25, 0.3) is 0 Å². The van der Waals surface area contributed by atoms with Crippen molar-refractivity contribution in [3.63, 3.8) is 0 Å². The van der Waals surface area contributed by atoms with Crippen LogP contribution in [0.25, 0.3) is 0 Å². The molecule has 0 saturated heterocycles. The molecule has 122 valence electrons. The van der Waals surface area contributed by atoms with E-state index in [2.05, 4.69) is 143 Å². The molecule has 0 fully saturated rings. The number of hydrogen-bond acceptors (Lipinski definition) is 4. The van der Waals surface area contributed by atoms with E-state index in [1.165, 1.54) is 0 Å². The molecule has 0 aromatic carbocycles. The van der Waals surface area contributed by atoms with Gasteiger partial charge in [0.1, 0.15) is 26.2 Å². The van der Waals surface area contributed by atoms with E-state index in [0.717, 1.165) is 0 Å². The molecule has 3 unspecified atom stereocenters. The molecule has 0 amide bonds. The molecule has 0 rings (SSSR count). The molecule has 0 heterocycles. The van der Waals surface area contributed by atoms with Crippen molar-refractivity contribution >= 4 is 151 Å². The second-order valence-electron chi connectivity index (χ2n) is 2.82. The summed E-state index contributed by atoms with van der Waals surface area (Å²) in [5.41, 5.74) is 0. The Bertz CT molecular complexity index is 282. The van der Waals surface area contributed by atoms with Crippen LogP contribution in [0.4, 0.5) is 0 Å². The number of rotatable bonds is 9. The van der Waals surface area contributed by atoms with Gasteiger partial charge in [-0.05, 0) is 0 Å². The summed E-state index contributed by atoms with van der Waals surface area (Å²) in [7, 11) is -3.87. The first-order chi connectivity index (χ1) is 8.98. The molecule has 0 aliphatic rings. The fraction of sp³-hybridized carbons (Fsp3) is 1.00. The lowest BCUT2D eigenvalue weighted by Gasteiger charge is -2.26. The van der Waals surface area contributed by atoms with Gasteiger partial charge in [-0.15, -0.1) is 0 Å². The van der Waals surface area contributed by atoms with Gasteiger partial charge in [0.15, 0.2) is 0 Å². The SMILES string of the molecule is O=P(OC(Br)C(Br)Br)(OC(Br)C(Br)Br)OC(Br)C(Br)Br. The summed E-state index contributed by atoms with van der Waals surface area (Å²) in [5, 5.41) is -1.91. The molecule has 20 heavy (non-hydrogen) atoms. The summed E-state index contributed by atoms with van der Waals surface area (Å²) in [6.45, 7) is 0. The standard InChI is InChI=1S/C6H6Br9O4P/c7-1(8)4(13)17-20(16,18-5(14)2(9)10)19-6(15)3(11)12/h1-6H. The highest BCUT2D eigenvalue weighted by molar-refractivity contribution is 9.26. The predicted molar refractivity (Wildman–Crippen MR) is 114 cm³/mol. The van der Waals surface area contributed by atoms with E-state index in [9.17, 15) is 4.57 Å². The van der Waals surface area contributed by atoms with Crippen LogP contribution in [0.5, 0.6) is 0 Å². The third-order valence-corrected chi connectivity index (χ3v) is 12.9. The average Bonchev–Trinajstić information content (AvgIpc) is 2.27. The van der Waals surface area contributed by atoms with Crippen molar-refractivity contribution in [3.05, 3.63) is 0 Å². The average molecular weight is 892 g/mol. The highest BCUT2D eigenvalue weighted by Crippen LogP contribution is 2.57. The highest BCUT2D eigenvalue weighted by Gasteiger charge is 2.39. The molecule has 0 aromatic rings. The minimum absolute atomic E-state index is 0.287. The molecule has 0 spiro atoms. The van der Waals surface area contributed by atoms with Crippen LogP contribution in [0, 0.1) is 0 Å². The maximum absolute atomic E-state index is 12.7. The lowest BCUT2D eigenvalue weighted by molar-refractivity contribution is 0.106. The van der Waals surface area contributed by atoms with Gasteiger partial charge in [-0.2, -0.15) is 0 Å². The smallest absolute Gasteiger partial charge is 0.270 e. The Kier molecular flexibility index (Phi) is 14.6. The molecular formula is C6H6Br9O4P. The van der Waals surface area contributed by atoms with Gasteiger partial charge in [0, 0.05) is 0 Å². The van der Waals surface area contributed by atoms with Gasteiger partial charge in [-0.1, -0.05) is 143 Å². The third kappa shape index (κ3) is 10.4. The normalized spacial score (nSPS) is 20.2. The van der Waals surface area contributed by atoms with Crippen LogP contribution in [0.1, 0.15) is 0 Å². The Morgan fingerprint density at radius 2 is 0.750 bits per heavy atom. The number of alkyl halides is 9. The van der Waals surface area contributed by atoms with Gasteiger partial charge in [0.2, 0.25) is 0 Å². The van der Waals surface area contributed by atoms with E-state index < -0.39 is 22.9 Å². The van der Waals surface area contributed by atoms with Gasteiger partial charge >= 0.3 is 7.82 Å². The van der Waals surface area contributed by atoms with Crippen molar-refractivity contribution in [2.75, 3.05) is 0 Å². The summed E-state index contributed by atoms with van der Waals surface area (Å²) in [4.78, 5) is 0. The minimum Gasteiger partial charge on any atom is -0.270 e. The van der Waals surface area contributed by atoms with Gasteiger partial charge in [0.05, 0.1) is 0 Å². The first-order valence-corrected chi connectivity index (χ1v) is 14.1. The number of phosphoric ester groups is 1. The number of hydrogen-bond donors (Lipinski definition) is 0. The second kappa shape index (κ2) is 11.9. The van der Waals surface area contributed by atoms with E-state index >= 15 is 0 Å². The Morgan fingerprint density at radius 3 is 0.900 bits per heavy atom. The van der Waals surface area contributed by atoms with E-state index in [4.69, 9.17) is 13.6 Å². The van der Waals surface area contributed by atoms with E-state index in [1.54, 1.807) is 0 Å². The van der Waals surface area contributed by atoms with Crippen molar-refractivity contribution in [1.29, 1.82) is 0 Å². The van der Waals surface area contributed by atoms with Gasteiger partial charge < -0.3 is 0 Å². The predicted octanol–water partition coefficient (Wildman–Crippen LogP) is 7.66. The van der Waals surface area contributed by atoms with Crippen LogP contribution < -0.4 is 0 Å². The molecule has 0 saturated carbocycles. The summed E-state index contributed by atoms with van der Waals surface area (Å²) in [6, 6.07) is 0. The molecule has 14 heteroatoms. The fourth-order valence-corrected chi connectivity index (χ4v) is 5.33. The number of halogens is 9. The molecule has 0 bridgehead atoms. The largest absolute Gasteiger partial charge is 0.478 e. The monoisotopic (exact) mass is 883 g/mol. The Hall–Kier alpha value is 4.43. The maximum Gasteiger partial charge on any atom is 0.478 e. The lowest BCUT2D eigenvalue weighted by atomic mass is 10.9. The first kappa shape index (κ1) is 24.4. The second-order valence-corrected chi connectivity index (χ2v) is 16.7. The molecule has 4 nitrogen and oxygen atoms in total. The van der Waals surface area contributed by atoms with Crippen molar-refractivity contribution in [1.82, 2.24) is 0 Å². The third-order valence-electron chi connectivity index (χ3n) is 1.28. The topological polar surface area (TPSA) is 44.8 Å². The van der Waals surface area contributed by atoms with Crippen LogP contribution in [0.2, 0.25) is 0 Å². The van der Waals surface area contributed by atoms with Crippen LogP contribution in [0.15, 0.2) is 0 Å². The van der Waals surface area contributed by atoms with E-state index in [-0.39, 0.29) is 11.2 Å². The molecular weight excluding hydrogens is 886 g/mol. The van der Waals surface area contributed by atoms with Crippen LogP contribution in [-0.4, -0.2) is 26.2 Å². The van der Waals surface area contributed by atoms with Gasteiger partial charge in [-0.25, -0.2) is 4.57 Å². The van der Waals surface area contributed by atoms with Crippen LogP contribution in [-0.2, 0) is 18.1 Å². The van der Waals surface area contributed by atoms with Gasteiger partial charge in [-0.3, -0.25) is 13.6 Å². The molecule has 0 N–H and O–H groups in total. The maximum atomic E-state index is 12.7. The van der Waals surface area contributed by atoms with Crippen molar-refractivity contribution in [2.24, 2.45) is 0 Å². The summed E-state index contributed by atoms with van der Waals surface area (Å²) in [5.74, 6) is 0. The zero-order valence-corrected chi connectivity index (χ0v) is 24.1. The van der Waals surface area contributed by atoms with Crippen LogP contribution in [0.3, 0.4) is 0 Å². The lowest BCUT2D eigenvalue weighted by Crippen LogP contribution is -2.20.